The first-order valence-electron chi connectivity index (χ1n) is 10.3. The summed E-state index contributed by atoms with van der Waals surface area (Å²) in [6, 6.07) is 17.8. The summed E-state index contributed by atoms with van der Waals surface area (Å²) >= 11 is 0. The Bertz CT molecular complexity index is 1070. The lowest BCUT2D eigenvalue weighted by molar-refractivity contribution is -0.129. The zero-order valence-corrected chi connectivity index (χ0v) is 17.3. The fourth-order valence-electron chi connectivity index (χ4n) is 3.62. The van der Waals surface area contributed by atoms with E-state index in [2.05, 4.69) is 16.7 Å². The minimum atomic E-state index is -0.270. The molecule has 154 valence electrons. The van der Waals surface area contributed by atoms with Crippen molar-refractivity contribution in [3.8, 4) is 16.9 Å². The van der Waals surface area contributed by atoms with Gasteiger partial charge in [0.15, 0.2) is 0 Å². The molecule has 1 aromatic heterocycles. The van der Waals surface area contributed by atoms with Crippen LogP contribution in [0.25, 0.3) is 16.9 Å². The Morgan fingerprint density at radius 1 is 1.07 bits per heavy atom. The quantitative estimate of drug-likeness (QED) is 0.654. The zero-order chi connectivity index (χ0) is 21.1. The Kier molecular flexibility index (Phi) is 5.65. The van der Waals surface area contributed by atoms with E-state index < -0.39 is 0 Å². The SMILES string of the molecule is Cc1ccc(-n2nc(-c3ccccc3)cc2NC(=O)CNC(=O)C2CCC2)c(C)c1. The maximum Gasteiger partial charge on any atom is 0.244 e. The molecule has 1 saturated carbocycles. The standard InChI is InChI=1S/C24H26N4O2/c1-16-11-12-21(17(2)13-16)28-22(14-20(27-28)18-7-4-3-5-8-18)26-23(29)15-25-24(30)19-9-6-10-19/h3-5,7-8,11-14,19H,6,9-10,15H2,1-2H3,(H,25,30)(H,26,29). The summed E-state index contributed by atoms with van der Waals surface area (Å²) in [6.07, 6.45) is 2.91. The number of aryl methyl sites for hydroxylation is 2. The van der Waals surface area contributed by atoms with Crippen LogP contribution in [0.3, 0.4) is 0 Å². The first-order chi connectivity index (χ1) is 14.5. The number of nitrogens with one attached hydrogen (secondary N) is 2. The molecule has 0 unspecified atom stereocenters. The topological polar surface area (TPSA) is 76.0 Å². The van der Waals surface area contributed by atoms with Gasteiger partial charge in [-0.1, -0.05) is 54.4 Å². The number of amides is 2. The summed E-state index contributed by atoms with van der Waals surface area (Å²) in [4.78, 5) is 24.6. The van der Waals surface area contributed by atoms with E-state index in [1.54, 1.807) is 4.68 Å². The monoisotopic (exact) mass is 402 g/mol. The van der Waals surface area contributed by atoms with Crippen molar-refractivity contribution in [3.05, 3.63) is 65.7 Å². The van der Waals surface area contributed by atoms with Gasteiger partial charge in [0, 0.05) is 17.5 Å². The van der Waals surface area contributed by atoms with E-state index in [0.29, 0.717) is 5.82 Å². The molecule has 2 amide bonds. The predicted octanol–water partition coefficient (Wildman–Crippen LogP) is 4.01. The van der Waals surface area contributed by atoms with Crippen LogP contribution in [-0.4, -0.2) is 28.1 Å². The zero-order valence-electron chi connectivity index (χ0n) is 17.3. The normalized spacial score (nSPS) is 13.5. The molecule has 1 aliphatic rings. The summed E-state index contributed by atoms with van der Waals surface area (Å²) in [7, 11) is 0. The third-order valence-corrected chi connectivity index (χ3v) is 5.53. The van der Waals surface area contributed by atoms with E-state index >= 15 is 0 Å². The van der Waals surface area contributed by atoms with Crippen LogP contribution in [0.15, 0.2) is 54.6 Å². The van der Waals surface area contributed by atoms with E-state index in [9.17, 15) is 9.59 Å². The average Bonchev–Trinajstić information content (AvgIpc) is 3.09. The van der Waals surface area contributed by atoms with Crippen LogP contribution in [0.4, 0.5) is 5.82 Å². The Morgan fingerprint density at radius 3 is 2.50 bits per heavy atom. The van der Waals surface area contributed by atoms with E-state index in [1.807, 2.05) is 62.4 Å². The highest BCUT2D eigenvalue weighted by Crippen LogP contribution is 2.27. The number of anilines is 1. The highest BCUT2D eigenvalue weighted by Gasteiger charge is 2.25. The summed E-state index contributed by atoms with van der Waals surface area (Å²) in [5.74, 6) is 0.323. The van der Waals surface area contributed by atoms with E-state index in [-0.39, 0.29) is 24.3 Å². The third kappa shape index (κ3) is 4.27. The van der Waals surface area contributed by atoms with Gasteiger partial charge in [0.25, 0.3) is 0 Å². The van der Waals surface area contributed by atoms with Gasteiger partial charge in [-0.25, -0.2) is 4.68 Å². The van der Waals surface area contributed by atoms with Gasteiger partial charge in [0.1, 0.15) is 5.82 Å². The summed E-state index contributed by atoms with van der Waals surface area (Å²) in [5, 5.41) is 10.4. The molecule has 0 atom stereocenters. The minimum absolute atomic E-state index is 0.0377. The fraction of sp³-hybridized carbons (Fsp3) is 0.292. The first kappa shape index (κ1) is 19.9. The molecular formula is C24H26N4O2. The van der Waals surface area contributed by atoms with Crippen LogP contribution in [0, 0.1) is 19.8 Å². The molecule has 2 aromatic carbocycles. The third-order valence-electron chi connectivity index (χ3n) is 5.53. The van der Waals surface area contributed by atoms with Crippen LogP contribution >= 0.6 is 0 Å². The molecule has 30 heavy (non-hydrogen) atoms. The Labute approximate surface area is 176 Å². The van der Waals surface area contributed by atoms with Crippen molar-refractivity contribution in [1.82, 2.24) is 15.1 Å². The molecule has 0 bridgehead atoms. The molecule has 3 aromatic rings. The van der Waals surface area contributed by atoms with Crippen LogP contribution in [0.2, 0.25) is 0 Å². The number of carbonyl (C=O) groups is 2. The van der Waals surface area contributed by atoms with E-state index in [1.165, 1.54) is 0 Å². The molecule has 0 saturated heterocycles. The van der Waals surface area contributed by atoms with Crippen LogP contribution in [0.1, 0.15) is 30.4 Å². The molecular weight excluding hydrogens is 376 g/mol. The van der Waals surface area contributed by atoms with Crippen molar-refractivity contribution in [1.29, 1.82) is 0 Å². The van der Waals surface area contributed by atoms with Crippen LogP contribution < -0.4 is 10.6 Å². The van der Waals surface area contributed by atoms with Gasteiger partial charge in [-0.3, -0.25) is 9.59 Å². The van der Waals surface area contributed by atoms with Gasteiger partial charge < -0.3 is 10.6 Å². The van der Waals surface area contributed by atoms with Gasteiger partial charge in [-0.15, -0.1) is 0 Å². The molecule has 1 aliphatic carbocycles. The Hall–Kier alpha value is -3.41. The lowest BCUT2D eigenvalue weighted by atomic mass is 9.85. The number of rotatable bonds is 6. The van der Waals surface area contributed by atoms with Crippen molar-refractivity contribution in [2.24, 2.45) is 5.92 Å². The molecule has 1 fully saturated rings. The molecule has 0 aliphatic heterocycles. The molecule has 1 heterocycles. The average molecular weight is 402 g/mol. The highest BCUT2D eigenvalue weighted by molar-refractivity contribution is 5.95. The number of hydrogen-bond donors (Lipinski definition) is 2. The summed E-state index contributed by atoms with van der Waals surface area (Å²) in [5.41, 5.74) is 4.86. The number of hydrogen-bond acceptors (Lipinski definition) is 3. The first-order valence-corrected chi connectivity index (χ1v) is 10.3. The maximum absolute atomic E-state index is 12.5. The van der Waals surface area contributed by atoms with Crippen molar-refractivity contribution < 1.29 is 9.59 Å². The predicted molar refractivity (Wildman–Crippen MR) is 117 cm³/mol. The second-order valence-electron chi connectivity index (χ2n) is 7.88. The smallest absolute Gasteiger partial charge is 0.244 e. The van der Waals surface area contributed by atoms with Gasteiger partial charge in [-0.2, -0.15) is 5.10 Å². The molecule has 0 spiro atoms. The molecule has 6 heteroatoms. The summed E-state index contributed by atoms with van der Waals surface area (Å²) < 4.78 is 1.75. The molecule has 0 radical (unpaired) electrons. The summed E-state index contributed by atoms with van der Waals surface area (Å²) in [6.45, 7) is 4.02. The second kappa shape index (κ2) is 8.53. The lowest BCUT2D eigenvalue weighted by Gasteiger charge is -2.23. The number of aromatic nitrogens is 2. The fourth-order valence-corrected chi connectivity index (χ4v) is 3.62. The van der Waals surface area contributed by atoms with E-state index in [4.69, 9.17) is 5.10 Å². The lowest BCUT2D eigenvalue weighted by Crippen LogP contribution is -2.39. The van der Waals surface area contributed by atoms with Gasteiger partial charge in [-0.05, 0) is 38.3 Å². The van der Waals surface area contributed by atoms with Crippen molar-refractivity contribution >= 4 is 17.6 Å². The molecule has 2 N–H and O–H groups in total. The number of carbonyl (C=O) groups excluding carboxylic acids is 2. The Morgan fingerprint density at radius 2 is 1.83 bits per heavy atom. The van der Waals surface area contributed by atoms with Gasteiger partial charge >= 0.3 is 0 Å². The van der Waals surface area contributed by atoms with Crippen molar-refractivity contribution in [2.75, 3.05) is 11.9 Å². The van der Waals surface area contributed by atoms with Crippen molar-refractivity contribution in [3.63, 3.8) is 0 Å². The molecule has 4 rings (SSSR count). The van der Waals surface area contributed by atoms with Crippen molar-refractivity contribution in [2.45, 2.75) is 33.1 Å². The van der Waals surface area contributed by atoms with Gasteiger partial charge in [0.05, 0.1) is 17.9 Å². The van der Waals surface area contributed by atoms with Crippen LogP contribution in [0.5, 0.6) is 0 Å². The molecule has 6 nitrogen and oxygen atoms in total. The van der Waals surface area contributed by atoms with E-state index in [0.717, 1.165) is 47.3 Å². The largest absolute Gasteiger partial charge is 0.347 e. The minimum Gasteiger partial charge on any atom is -0.347 e. The van der Waals surface area contributed by atoms with Gasteiger partial charge in [0.2, 0.25) is 11.8 Å². The number of nitrogens with zero attached hydrogens (tertiary/aromatic N) is 2. The maximum atomic E-state index is 12.5. The Balaban J connectivity index is 1.59. The highest BCUT2D eigenvalue weighted by atomic mass is 16.2. The van der Waals surface area contributed by atoms with Crippen LogP contribution in [-0.2, 0) is 9.59 Å². The second-order valence-corrected chi connectivity index (χ2v) is 7.88. The number of benzene rings is 2.